The Morgan fingerprint density at radius 3 is 2.57 bits per heavy atom. The van der Waals surface area contributed by atoms with Crippen molar-refractivity contribution in [2.75, 3.05) is 12.8 Å². The van der Waals surface area contributed by atoms with Gasteiger partial charge in [-0.3, -0.25) is 0 Å². The van der Waals surface area contributed by atoms with Gasteiger partial charge in [0.25, 0.3) is 0 Å². The number of ether oxygens (including phenoxy) is 1. The van der Waals surface area contributed by atoms with Crippen LogP contribution in [0, 0.1) is 11.6 Å². The maximum absolute atomic E-state index is 13.6. The van der Waals surface area contributed by atoms with E-state index in [2.05, 4.69) is 0 Å². The Kier molecular flexibility index (Phi) is 4.13. The molecule has 0 saturated heterocycles. The third-order valence-corrected chi connectivity index (χ3v) is 4.60. The van der Waals surface area contributed by atoms with Gasteiger partial charge in [0.05, 0.1) is 12.9 Å². The smallest absolute Gasteiger partial charge is 0.186 e. The minimum atomic E-state index is -3.90. The van der Waals surface area contributed by atoms with Gasteiger partial charge < -0.3 is 10.5 Å². The van der Waals surface area contributed by atoms with Crippen molar-refractivity contribution in [1.29, 1.82) is 0 Å². The first kappa shape index (κ1) is 15.2. The normalized spacial score (nSPS) is 11.4. The van der Waals surface area contributed by atoms with Crippen molar-refractivity contribution < 1.29 is 21.9 Å². The fourth-order valence-corrected chi connectivity index (χ4v) is 3.40. The fourth-order valence-electron chi connectivity index (χ4n) is 1.88. The van der Waals surface area contributed by atoms with Crippen molar-refractivity contribution in [3.63, 3.8) is 0 Å². The van der Waals surface area contributed by atoms with E-state index in [0.29, 0.717) is 5.69 Å². The van der Waals surface area contributed by atoms with Crippen LogP contribution in [-0.2, 0) is 15.6 Å². The first-order valence-corrected chi connectivity index (χ1v) is 7.59. The minimum Gasteiger partial charge on any atom is -0.495 e. The Hall–Kier alpha value is -2.15. The summed E-state index contributed by atoms with van der Waals surface area (Å²) >= 11 is 0. The third-order valence-electron chi connectivity index (χ3n) is 2.90. The van der Waals surface area contributed by atoms with Gasteiger partial charge in [-0.05, 0) is 18.2 Å². The Morgan fingerprint density at radius 1 is 1.19 bits per heavy atom. The molecule has 0 aliphatic rings. The van der Waals surface area contributed by atoms with E-state index in [0.717, 1.165) is 6.07 Å². The van der Waals surface area contributed by atoms with Gasteiger partial charge in [-0.1, -0.05) is 12.1 Å². The van der Waals surface area contributed by atoms with Crippen LogP contribution in [0.5, 0.6) is 5.75 Å². The van der Waals surface area contributed by atoms with Crippen molar-refractivity contribution in [3.8, 4) is 5.75 Å². The Labute approximate surface area is 121 Å². The molecule has 2 rings (SSSR count). The number of methoxy groups -OCH3 is 1. The van der Waals surface area contributed by atoms with Gasteiger partial charge in [-0.25, -0.2) is 17.2 Å². The van der Waals surface area contributed by atoms with Crippen LogP contribution in [0.25, 0.3) is 0 Å². The molecule has 4 nitrogen and oxygen atoms in total. The van der Waals surface area contributed by atoms with Crippen molar-refractivity contribution in [2.45, 2.75) is 10.6 Å². The van der Waals surface area contributed by atoms with Crippen LogP contribution in [0.3, 0.4) is 0 Å². The zero-order valence-corrected chi connectivity index (χ0v) is 12.0. The predicted octanol–water partition coefficient (Wildman–Crippen LogP) is 2.53. The number of benzene rings is 2. The van der Waals surface area contributed by atoms with Gasteiger partial charge in [-0.15, -0.1) is 0 Å². The quantitative estimate of drug-likeness (QED) is 0.881. The van der Waals surface area contributed by atoms with Gasteiger partial charge in [0, 0.05) is 17.3 Å². The number of nitrogen functional groups attached to an aromatic ring is 1. The van der Waals surface area contributed by atoms with Crippen LogP contribution in [0.15, 0.2) is 41.3 Å². The summed E-state index contributed by atoms with van der Waals surface area (Å²) in [4.78, 5) is -0.122. The summed E-state index contributed by atoms with van der Waals surface area (Å²) in [6.45, 7) is 0. The van der Waals surface area contributed by atoms with Crippen LogP contribution >= 0.6 is 0 Å². The number of nitrogens with two attached hydrogens (primary N) is 1. The monoisotopic (exact) mass is 313 g/mol. The van der Waals surface area contributed by atoms with Crippen molar-refractivity contribution in [1.82, 2.24) is 0 Å². The van der Waals surface area contributed by atoms with Crippen molar-refractivity contribution >= 4 is 15.5 Å². The molecule has 0 fully saturated rings. The molecule has 0 aromatic heterocycles. The molecule has 0 amide bonds. The number of hydrogen-bond acceptors (Lipinski definition) is 4. The zero-order valence-electron chi connectivity index (χ0n) is 11.1. The van der Waals surface area contributed by atoms with Crippen LogP contribution in [0.1, 0.15) is 5.56 Å². The average Bonchev–Trinajstić information content (AvgIpc) is 2.43. The lowest BCUT2D eigenvalue weighted by molar-refractivity contribution is 0.403. The highest BCUT2D eigenvalue weighted by molar-refractivity contribution is 7.90. The molecule has 2 N–H and O–H groups in total. The average molecular weight is 313 g/mol. The highest BCUT2D eigenvalue weighted by Crippen LogP contribution is 2.29. The SMILES string of the molecule is COc1cc(N)ccc1S(=O)(=O)Cc1cccc(F)c1F. The van der Waals surface area contributed by atoms with E-state index in [1.54, 1.807) is 0 Å². The molecule has 0 bridgehead atoms. The van der Waals surface area contributed by atoms with E-state index >= 15 is 0 Å². The van der Waals surface area contributed by atoms with Crippen molar-refractivity contribution in [3.05, 3.63) is 53.6 Å². The molecule has 0 aliphatic heterocycles. The Balaban J connectivity index is 2.46. The molecule has 7 heteroatoms. The van der Waals surface area contributed by atoms with E-state index in [1.165, 1.54) is 37.4 Å². The van der Waals surface area contributed by atoms with E-state index in [9.17, 15) is 17.2 Å². The van der Waals surface area contributed by atoms with E-state index in [-0.39, 0.29) is 16.2 Å². The van der Waals surface area contributed by atoms with Crippen LogP contribution in [-0.4, -0.2) is 15.5 Å². The number of rotatable bonds is 4. The largest absolute Gasteiger partial charge is 0.495 e. The Bertz CT molecular complexity index is 776. The summed E-state index contributed by atoms with van der Waals surface area (Å²) in [6.07, 6.45) is 0. The molecule has 0 radical (unpaired) electrons. The second-order valence-electron chi connectivity index (χ2n) is 4.38. The van der Waals surface area contributed by atoms with Gasteiger partial charge in [0.1, 0.15) is 10.6 Å². The first-order valence-electron chi connectivity index (χ1n) is 5.94. The molecule has 0 atom stereocenters. The van der Waals surface area contributed by atoms with Crippen LogP contribution in [0.2, 0.25) is 0 Å². The van der Waals surface area contributed by atoms with Gasteiger partial charge in [0.2, 0.25) is 0 Å². The van der Waals surface area contributed by atoms with Crippen LogP contribution in [0.4, 0.5) is 14.5 Å². The Morgan fingerprint density at radius 2 is 1.90 bits per heavy atom. The fraction of sp³-hybridized carbons (Fsp3) is 0.143. The van der Waals surface area contributed by atoms with E-state index < -0.39 is 27.2 Å². The third kappa shape index (κ3) is 3.13. The standard InChI is InChI=1S/C14H13F2NO3S/c1-20-12-7-10(17)5-6-13(12)21(18,19)8-9-3-2-4-11(15)14(9)16/h2-7H,8,17H2,1H3. The highest BCUT2D eigenvalue weighted by atomic mass is 32.2. The minimum absolute atomic E-state index is 0.0619. The summed E-state index contributed by atoms with van der Waals surface area (Å²) in [5.41, 5.74) is 5.65. The number of halogens is 2. The van der Waals surface area contributed by atoms with Gasteiger partial charge in [0.15, 0.2) is 21.5 Å². The number of hydrogen-bond donors (Lipinski definition) is 1. The second kappa shape index (κ2) is 5.69. The molecular formula is C14H13F2NO3S. The molecule has 0 unspecified atom stereocenters. The molecule has 0 saturated carbocycles. The molecule has 0 aliphatic carbocycles. The topological polar surface area (TPSA) is 69.4 Å². The summed E-state index contributed by atoms with van der Waals surface area (Å²) < 4.78 is 56.4. The number of sulfone groups is 1. The molecule has 0 heterocycles. The van der Waals surface area contributed by atoms with Crippen molar-refractivity contribution in [2.24, 2.45) is 0 Å². The summed E-state index contributed by atoms with van der Waals surface area (Å²) in [7, 11) is -2.60. The maximum Gasteiger partial charge on any atom is 0.186 e. The second-order valence-corrected chi connectivity index (χ2v) is 6.34. The highest BCUT2D eigenvalue weighted by Gasteiger charge is 2.22. The van der Waals surface area contributed by atoms with Gasteiger partial charge in [-0.2, -0.15) is 0 Å². The summed E-state index contributed by atoms with van der Waals surface area (Å²) in [5.74, 6) is -2.87. The lowest BCUT2D eigenvalue weighted by Gasteiger charge is -2.11. The molecule has 0 spiro atoms. The molecular weight excluding hydrogens is 300 g/mol. The zero-order chi connectivity index (χ0) is 15.6. The lowest BCUT2D eigenvalue weighted by Crippen LogP contribution is -2.09. The number of anilines is 1. The van der Waals surface area contributed by atoms with Gasteiger partial charge >= 0.3 is 0 Å². The lowest BCUT2D eigenvalue weighted by atomic mass is 10.2. The van der Waals surface area contributed by atoms with Crippen LogP contribution < -0.4 is 10.5 Å². The predicted molar refractivity (Wildman–Crippen MR) is 74.7 cm³/mol. The molecule has 2 aromatic carbocycles. The summed E-state index contributed by atoms with van der Waals surface area (Å²) in [5, 5.41) is 0. The molecule has 21 heavy (non-hydrogen) atoms. The molecule has 2 aromatic rings. The first-order chi connectivity index (χ1) is 9.85. The van der Waals surface area contributed by atoms with E-state index in [1.807, 2.05) is 0 Å². The molecule has 112 valence electrons. The summed E-state index contributed by atoms with van der Waals surface area (Å²) in [6, 6.07) is 7.44. The maximum atomic E-state index is 13.6. The van der Waals surface area contributed by atoms with E-state index in [4.69, 9.17) is 10.5 Å².